The van der Waals surface area contributed by atoms with Crippen molar-refractivity contribution >= 4 is 34.6 Å². The number of pyridine rings is 1. The Morgan fingerprint density at radius 1 is 1.05 bits per heavy atom. The van der Waals surface area contributed by atoms with E-state index in [-0.39, 0.29) is 54.4 Å². The smallest absolute Gasteiger partial charge is 0.420 e. The zero-order chi connectivity index (χ0) is 27.7. The van der Waals surface area contributed by atoms with E-state index < -0.39 is 17.9 Å². The predicted octanol–water partition coefficient (Wildman–Crippen LogP) is 6.10. The molecule has 2 aromatic heterocycles. The van der Waals surface area contributed by atoms with Gasteiger partial charge in [0.05, 0.1) is 18.7 Å². The van der Waals surface area contributed by atoms with Gasteiger partial charge in [0.2, 0.25) is 0 Å². The summed E-state index contributed by atoms with van der Waals surface area (Å²) in [4.78, 5) is 30.0. The lowest BCUT2D eigenvalue weighted by molar-refractivity contribution is -0.136. The van der Waals surface area contributed by atoms with Gasteiger partial charge in [0, 0.05) is 30.0 Å². The van der Waals surface area contributed by atoms with Gasteiger partial charge in [0.1, 0.15) is 23.3 Å². The number of alkyl halides is 4. The van der Waals surface area contributed by atoms with E-state index in [4.69, 9.17) is 10.2 Å². The van der Waals surface area contributed by atoms with Crippen LogP contribution < -0.4 is 5.73 Å². The number of aromatic nitrogens is 1. The molecule has 0 atom stereocenters. The second-order valence-electron chi connectivity index (χ2n) is 9.35. The molecular weight excluding hydrogens is 514 g/mol. The van der Waals surface area contributed by atoms with Crippen molar-refractivity contribution in [2.24, 2.45) is 0 Å². The van der Waals surface area contributed by atoms with Crippen LogP contribution in [-0.2, 0) is 17.4 Å². The number of allylic oxidation sites excluding steroid dienone is 1. The molecule has 0 spiro atoms. The second kappa shape index (κ2) is 10.4. The Bertz CT molecular complexity index is 1550. The Hall–Kier alpha value is -4.47. The summed E-state index contributed by atoms with van der Waals surface area (Å²) in [6, 6.07) is 13.5. The predicted molar refractivity (Wildman–Crippen MR) is 138 cm³/mol. The van der Waals surface area contributed by atoms with Gasteiger partial charge in [-0.2, -0.15) is 13.2 Å². The Kier molecular flexibility index (Phi) is 6.94. The van der Waals surface area contributed by atoms with Crippen LogP contribution in [0.1, 0.15) is 33.7 Å². The molecule has 0 aliphatic carbocycles. The third-order valence-corrected chi connectivity index (χ3v) is 6.45. The molecule has 39 heavy (non-hydrogen) atoms. The summed E-state index contributed by atoms with van der Waals surface area (Å²) in [5, 5.41) is 0.250. The lowest BCUT2D eigenvalue weighted by atomic mass is 9.98. The molecule has 0 saturated carbocycles. The maximum atomic E-state index is 13.9. The minimum absolute atomic E-state index is 0.0387. The van der Waals surface area contributed by atoms with Crippen molar-refractivity contribution in [2.75, 3.05) is 18.8 Å². The highest BCUT2D eigenvalue weighted by atomic mass is 19.4. The molecule has 1 amide bonds. The average Bonchev–Trinajstić information content (AvgIpc) is 3.31. The summed E-state index contributed by atoms with van der Waals surface area (Å²) < 4.78 is 60.4. The fourth-order valence-electron chi connectivity index (χ4n) is 4.32. The monoisotopic (exact) mass is 537 g/mol. The molecule has 0 bridgehead atoms. The number of amides is 1. The van der Waals surface area contributed by atoms with Crippen LogP contribution in [0.2, 0.25) is 0 Å². The number of nitrogens with zero attached hydrogens (tertiary/aromatic N) is 2. The summed E-state index contributed by atoms with van der Waals surface area (Å²) in [5.74, 6) is 0.0662. The quantitative estimate of drug-likeness (QED) is 0.227. The SMILES string of the molecule is Nc1ccc(/C=C/C(=O)CCc2cc3cc(-c4ccc(C(=O)N5CC(F)C5)cc4)cc(C(F)(F)F)c3o2)cn1. The number of nitrogens with two attached hydrogens (primary N) is 1. The molecule has 2 N–H and O–H groups in total. The zero-order valence-corrected chi connectivity index (χ0v) is 20.5. The topological polar surface area (TPSA) is 89.4 Å². The van der Waals surface area contributed by atoms with Crippen LogP contribution in [0.25, 0.3) is 28.2 Å². The molecule has 200 valence electrons. The molecular formula is C29H23F4N3O3. The Morgan fingerprint density at radius 3 is 2.44 bits per heavy atom. The minimum atomic E-state index is -4.68. The van der Waals surface area contributed by atoms with Crippen LogP contribution in [0.15, 0.2) is 71.3 Å². The second-order valence-corrected chi connectivity index (χ2v) is 9.35. The van der Waals surface area contributed by atoms with Crippen molar-refractivity contribution in [1.29, 1.82) is 0 Å². The fourth-order valence-corrected chi connectivity index (χ4v) is 4.32. The summed E-state index contributed by atoms with van der Waals surface area (Å²) in [7, 11) is 0. The van der Waals surface area contributed by atoms with E-state index in [0.717, 1.165) is 6.07 Å². The lowest BCUT2D eigenvalue weighted by Crippen LogP contribution is -2.51. The van der Waals surface area contributed by atoms with Gasteiger partial charge in [-0.25, -0.2) is 9.37 Å². The molecule has 5 rings (SSSR count). The highest BCUT2D eigenvalue weighted by Crippen LogP contribution is 2.39. The molecule has 0 radical (unpaired) electrons. The number of carbonyl (C=O) groups excluding carboxylic acids is 2. The molecule has 0 unspecified atom stereocenters. The molecule has 2 aromatic carbocycles. The van der Waals surface area contributed by atoms with Gasteiger partial charge >= 0.3 is 6.18 Å². The van der Waals surface area contributed by atoms with Crippen molar-refractivity contribution in [3.05, 3.63) is 89.3 Å². The number of carbonyl (C=O) groups is 2. The number of hydrogen-bond donors (Lipinski definition) is 1. The van der Waals surface area contributed by atoms with Crippen LogP contribution in [0.5, 0.6) is 0 Å². The largest absolute Gasteiger partial charge is 0.460 e. The number of ketones is 1. The fraction of sp³-hybridized carbons (Fsp3) is 0.207. The first-order chi connectivity index (χ1) is 18.6. The minimum Gasteiger partial charge on any atom is -0.460 e. The lowest BCUT2D eigenvalue weighted by Gasteiger charge is -2.34. The van der Waals surface area contributed by atoms with Gasteiger partial charge in [-0.1, -0.05) is 12.1 Å². The standard InChI is InChI=1S/C29H23F4N3O3/c30-22-15-36(16-22)28(38)19-5-3-18(4-6-19)20-11-21-12-24(39-27(21)25(13-20)29(31,32)33)9-8-23(37)7-1-17-2-10-26(34)35-14-17/h1-7,10-14,22H,8-9,15-16H2,(H2,34,35)/b7-1+. The van der Waals surface area contributed by atoms with Gasteiger partial charge in [0.15, 0.2) is 5.78 Å². The van der Waals surface area contributed by atoms with E-state index in [9.17, 15) is 27.2 Å². The summed E-state index contributed by atoms with van der Waals surface area (Å²) in [5.41, 5.74) is 6.10. The van der Waals surface area contributed by atoms with E-state index >= 15 is 0 Å². The number of benzene rings is 2. The van der Waals surface area contributed by atoms with Crippen LogP contribution in [0, 0.1) is 0 Å². The van der Waals surface area contributed by atoms with E-state index in [1.807, 2.05) is 0 Å². The first-order valence-electron chi connectivity index (χ1n) is 12.2. The molecule has 1 aliphatic rings. The van der Waals surface area contributed by atoms with Crippen molar-refractivity contribution in [2.45, 2.75) is 25.2 Å². The van der Waals surface area contributed by atoms with Crippen molar-refractivity contribution in [1.82, 2.24) is 9.88 Å². The van der Waals surface area contributed by atoms with Crippen LogP contribution in [0.3, 0.4) is 0 Å². The molecule has 10 heteroatoms. The number of nitrogen functional groups attached to an aromatic ring is 1. The van der Waals surface area contributed by atoms with E-state index in [2.05, 4.69) is 4.98 Å². The number of hydrogen-bond acceptors (Lipinski definition) is 5. The summed E-state index contributed by atoms with van der Waals surface area (Å²) in [6.07, 6.45) is -1.05. The van der Waals surface area contributed by atoms with Gasteiger partial charge in [-0.05, 0) is 71.3 Å². The van der Waals surface area contributed by atoms with Gasteiger partial charge in [0.25, 0.3) is 5.91 Å². The third kappa shape index (κ3) is 5.84. The summed E-state index contributed by atoms with van der Waals surface area (Å²) >= 11 is 0. The van der Waals surface area contributed by atoms with Crippen molar-refractivity contribution in [3.8, 4) is 11.1 Å². The number of aryl methyl sites for hydroxylation is 1. The van der Waals surface area contributed by atoms with Crippen molar-refractivity contribution in [3.63, 3.8) is 0 Å². The number of fused-ring (bicyclic) bond motifs is 1. The maximum absolute atomic E-state index is 13.9. The highest BCUT2D eigenvalue weighted by Gasteiger charge is 2.35. The Balaban J connectivity index is 1.35. The molecule has 1 fully saturated rings. The van der Waals surface area contributed by atoms with Crippen LogP contribution >= 0.6 is 0 Å². The van der Waals surface area contributed by atoms with E-state index in [1.54, 1.807) is 36.4 Å². The Morgan fingerprint density at radius 2 is 1.79 bits per heavy atom. The molecule has 1 saturated heterocycles. The normalized spacial score (nSPS) is 14.2. The van der Waals surface area contributed by atoms with Gasteiger partial charge in [-0.15, -0.1) is 0 Å². The first-order valence-corrected chi connectivity index (χ1v) is 12.2. The maximum Gasteiger partial charge on any atom is 0.420 e. The number of furan rings is 1. The van der Waals surface area contributed by atoms with Gasteiger partial charge in [-0.3, -0.25) is 9.59 Å². The Labute approximate surface area is 220 Å². The highest BCUT2D eigenvalue weighted by molar-refractivity contribution is 5.96. The van der Waals surface area contributed by atoms with Gasteiger partial charge < -0.3 is 15.1 Å². The number of anilines is 1. The average molecular weight is 538 g/mol. The summed E-state index contributed by atoms with van der Waals surface area (Å²) in [6.45, 7) is 0.0773. The molecule has 6 nitrogen and oxygen atoms in total. The van der Waals surface area contributed by atoms with E-state index in [1.165, 1.54) is 35.4 Å². The third-order valence-electron chi connectivity index (χ3n) is 6.45. The van der Waals surface area contributed by atoms with E-state index in [0.29, 0.717) is 28.1 Å². The van der Waals surface area contributed by atoms with Crippen molar-refractivity contribution < 1.29 is 31.6 Å². The van der Waals surface area contributed by atoms with Crippen LogP contribution in [-0.4, -0.2) is 40.8 Å². The number of rotatable bonds is 7. The zero-order valence-electron chi connectivity index (χ0n) is 20.5. The van der Waals surface area contributed by atoms with Crippen LogP contribution in [0.4, 0.5) is 23.4 Å². The first kappa shape index (κ1) is 26.1. The molecule has 1 aliphatic heterocycles. The molecule has 4 aromatic rings. The molecule has 3 heterocycles. The number of halogens is 4. The number of likely N-dealkylation sites (tertiary alicyclic amines) is 1.